The predicted octanol–water partition coefficient (Wildman–Crippen LogP) is 3.03. The van der Waals surface area contributed by atoms with Crippen molar-refractivity contribution in [1.82, 2.24) is 5.32 Å². The lowest BCUT2D eigenvalue weighted by molar-refractivity contribution is -0.147. The Bertz CT molecular complexity index is 419. The van der Waals surface area contributed by atoms with Crippen molar-refractivity contribution in [2.24, 2.45) is 0 Å². The predicted molar refractivity (Wildman–Crippen MR) is 69.4 cm³/mol. The first-order valence-corrected chi connectivity index (χ1v) is 5.90. The number of benzene rings is 1. The van der Waals surface area contributed by atoms with Crippen molar-refractivity contribution in [3.05, 3.63) is 33.8 Å². The van der Waals surface area contributed by atoms with Crippen LogP contribution in [0.5, 0.6) is 0 Å². The second-order valence-corrected chi connectivity index (χ2v) is 5.03. The molecule has 0 amide bonds. The minimum atomic E-state index is -0.735. The van der Waals surface area contributed by atoms with E-state index in [9.17, 15) is 4.79 Å². The van der Waals surface area contributed by atoms with Crippen LogP contribution in [0.25, 0.3) is 0 Å². The van der Waals surface area contributed by atoms with E-state index in [1.165, 1.54) is 7.11 Å². The maximum Gasteiger partial charge on any atom is 0.325 e. The molecule has 0 aliphatic heterocycles. The van der Waals surface area contributed by atoms with Gasteiger partial charge < -0.3 is 4.74 Å². The van der Waals surface area contributed by atoms with Gasteiger partial charge in [-0.15, -0.1) is 0 Å². The van der Waals surface area contributed by atoms with Crippen LogP contribution in [0.2, 0.25) is 10.0 Å². The molecular formula is C12H15Cl2NO2. The summed E-state index contributed by atoms with van der Waals surface area (Å²) in [5.74, 6) is -0.308. The van der Waals surface area contributed by atoms with Gasteiger partial charge in [-0.1, -0.05) is 29.3 Å². The highest BCUT2D eigenvalue weighted by atomic mass is 35.5. The Morgan fingerprint density at radius 2 is 2.00 bits per heavy atom. The highest BCUT2D eigenvalue weighted by molar-refractivity contribution is 6.42. The fourth-order valence-corrected chi connectivity index (χ4v) is 1.62. The van der Waals surface area contributed by atoms with Gasteiger partial charge in [0.1, 0.15) is 5.54 Å². The molecule has 0 saturated carbocycles. The summed E-state index contributed by atoms with van der Waals surface area (Å²) in [4.78, 5) is 11.4. The number of ether oxygens (including phenoxy) is 1. The van der Waals surface area contributed by atoms with Gasteiger partial charge in [-0.3, -0.25) is 10.1 Å². The molecule has 0 unspecified atom stereocenters. The number of nitrogens with one attached hydrogen (secondary N) is 1. The van der Waals surface area contributed by atoms with Gasteiger partial charge in [-0.25, -0.2) is 0 Å². The molecule has 0 saturated heterocycles. The molecule has 17 heavy (non-hydrogen) atoms. The summed E-state index contributed by atoms with van der Waals surface area (Å²) in [6.07, 6.45) is 0. The van der Waals surface area contributed by atoms with E-state index >= 15 is 0 Å². The molecule has 3 nitrogen and oxygen atoms in total. The van der Waals surface area contributed by atoms with Gasteiger partial charge in [0.25, 0.3) is 0 Å². The van der Waals surface area contributed by atoms with Crippen LogP contribution in [0.15, 0.2) is 18.2 Å². The average Bonchev–Trinajstić information content (AvgIpc) is 2.29. The third-order valence-electron chi connectivity index (χ3n) is 2.41. The molecule has 5 heteroatoms. The SMILES string of the molecule is COC(=O)C(C)(C)NCc1ccc(Cl)c(Cl)c1. The smallest absolute Gasteiger partial charge is 0.325 e. The van der Waals surface area contributed by atoms with Crippen LogP contribution < -0.4 is 5.32 Å². The van der Waals surface area contributed by atoms with E-state index in [-0.39, 0.29) is 5.97 Å². The van der Waals surface area contributed by atoms with Crippen LogP contribution in [-0.2, 0) is 16.1 Å². The molecule has 0 fully saturated rings. The maximum atomic E-state index is 11.4. The maximum absolute atomic E-state index is 11.4. The second kappa shape index (κ2) is 5.71. The lowest BCUT2D eigenvalue weighted by Gasteiger charge is -2.23. The zero-order chi connectivity index (χ0) is 13.1. The van der Waals surface area contributed by atoms with E-state index in [4.69, 9.17) is 27.9 Å². The van der Waals surface area contributed by atoms with Gasteiger partial charge in [0.2, 0.25) is 0 Å². The monoisotopic (exact) mass is 275 g/mol. The first-order chi connectivity index (χ1) is 7.86. The molecule has 1 aromatic rings. The number of esters is 1. The summed E-state index contributed by atoms with van der Waals surface area (Å²) < 4.78 is 4.70. The number of carbonyl (C=O) groups is 1. The molecule has 1 N–H and O–H groups in total. The quantitative estimate of drug-likeness (QED) is 0.859. The van der Waals surface area contributed by atoms with Gasteiger partial charge in [-0.2, -0.15) is 0 Å². The number of rotatable bonds is 4. The molecule has 0 aliphatic rings. The normalized spacial score (nSPS) is 11.4. The summed E-state index contributed by atoms with van der Waals surface area (Å²) in [7, 11) is 1.37. The molecule has 0 bridgehead atoms. The molecule has 0 heterocycles. The fraction of sp³-hybridized carbons (Fsp3) is 0.417. The Morgan fingerprint density at radius 1 is 1.35 bits per heavy atom. The molecule has 0 atom stereocenters. The number of carbonyl (C=O) groups excluding carboxylic acids is 1. The fourth-order valence-electron chi connectivity index (χ4n) is 1.30. The average molecular weight is 276 g/mol. The van der Waals surface area contributed by atoms with Gasteiger partial charge in [0, 0.05) is 6.54 Å². The van der Waals surface area contributed by atoms with Crippen molar-refractivity contribution < 1.29 is 9.53 Å². The molecule has 0 spiro atoms. The van der Waals surface area contributed by atoms with Gasteiger partial charge >= 0.3 is 5.97 Å². The van der Waals surface area contributed by atoms with Crippen molar-refractivity contribution in [1.29, 1.82) is 0 Å². The van der Waals surface area contributed by atoms with E-state index < -0.39 is 5.54 Å². The molecule has 1 rings (SSSR count). The first kappa shape index (κ1) is 14.3. The van der Waals surface area contributed by atoms with Gasteiger partial charge in [0.15, 0.2) is 0 Å². The van der Waals surface area contributed by atoms with Crippen molar-refractivity contribution in [3.63, 3.8) is 0 Å². The van der Waals surface area contributed by atoms with Crippen molar-refractivity contribution in [2.75, 3.05) is 7.11 Å². The number of halogens is 2. The van der Waals surface area contributed by atoms with Crippen molar-refractivity contribution in [2.45, 2.75) is 25.9 Å². The molecule has 0 radical (unpaired) electrons. The summed E-state index contributed by atoms with van der Waals surface area (Å²) >= 11 is 11.7. The van der Waals surface area contributed by atoms with E-state index in [1.54, 1.807) is 26.0 Å². The van der Waals surface area contributed by atoms with Crippen LogP contribution in [0, 0.1) is 0 Å². The van der Waals surface area contributed by atoms with E-state index in [0.29, 0.717) is 16.6 Å². The Morgan fingerprint density at radius 3 is 2.53 bits per heavy atom. The second-order valence-electron chi connectivity index (χ2n) is 4.22. The van der Waals surface area contributed by atoms with Gasteiger partial charge in [-0.05, 0) is 31.5 Å². The third-order valence-corrected chi connectivity index (χ3v) is 3.15. The topological polar surface area (TPSA) is 38.3 Å². The van der Waals surface area contributed by atoms with Crippen LogP contribution in [-0.4, -0.2) is 18.6 Å². The summed E-state index contributed by atoms with van der Waals surface area (Å²) in [6.45, 7) is 4.03. The van der Waals surface area contributed by atoms with E-state index in [1.807, 2.05) is 6.07 Å². The van der Waals surface area contributed by atoms with Crippen LogP contribution in [0.1, 0.15) is 19.4 Å². The lowest BCUT2D eigenvalue weighted by atomic mass is 10.1. The Balaban J connectivity index is 2.67. The lowest BCUT2D eigenvalue weighted by Crippen LogP contribution is -2.46. The van der Waals surface area contributed by atoms with E-state index in [2.05, 4.69) is 5.32 Å². The number of hydrogen-bond donors (Lipinski definition) is 1. The summed E-state index contributed by atoms with van der Waals surface area (Å²) in [5, 5.41) is 4.11. The van der Waals surface area contributed by atoms with Crippen LogP contribution in [0.4, 0.5) is 0 Å². The first-order valence-electron chi connectivity index (χ1n) is 5.14. The molecular weight excluding hydrogens is 261 g/mol. The standard InChI is InChI=1S/C12H15Cl2NO2/c1-12(2,11(16)17-3)15-7-8-4-5-9(13)10(14)6-8/h4-6,15H,7H2,1-3H3. The minimum absolute atomic E-state index is 0.308. The van der Waals surface area contributed by atoms with Crippen molar-refractivity contribution in [3.8, 4) is 0 Å². The highest BCUT2D eigenvalue weighted by Gasteiger charge is 2.27. The third kappa shape index (κ3) is 3.87. The molecule has 0 aliphatic carbocycles. The Labute approximate surface area is 111 Å². The largest absolute Gasteiger partial charge is 0.468 e. The van der Waals surface area contributed by atoms with Crippen LogP contribution >= 0.6 is 23.2 Å². The summed E-state index contributed by atoms with van der Waals surface area (Å²) in [6, 6.07) is 5.35. The highest BCUT2D eigenvalue weighted by Crippen LogP contribution is 2.22. The number of hydrogen-bond acceptors (Lipinski definition) is 3. The zero-order valence-electron chi connectivity index (χ0n) is 10.0. The van der Waals surface area contributed by atoms with Crippen LogP contribution in [0.3, 0.4) is 0 Å². The Kier molecular flexibility index (Phi) is 4.80. The van der Waals surface area contributed by atoms with E-state index in [0.717, 1.165) is 5.56 Å². The summed E-state index contributed by atoms with van der Waals surface area (Å²) in [5.41, 5.74) is 0.220. The Hall–Kier alpha value is -0.770. The van der Waals surface area contributed by atoms with Crippen molar-refractivity contribution >= 4 is 29.2 Å². The number of methoxy groups -OCH3 is 1. The minimum Gasteiger partial charge on any atom is -0.468 e. The molecule has 1 aromatic carbocycles. The van der Waals surface area contributed by atoms with Gasteiger partial charge in [0.05, 0.1) is 17.2 Å². The zero-order valence-corrected chi connectivity index (χ0v) is 11.5. The molecule has 94 valence electrons. The molecule has 0 aromatic heterocycles.